The van der Waals surface area contributed by atoms with Gasteiger partial charge >= 0.3 is 0 Å². The first-order valence-corrected chi connectivity index (χ1v) is 11.2. The summed E-state index contributed by atoms with van der Waals surface area (Å²) >= 11 is 0. The second kappa shape index (κ2) is 11.3. The Balaban J connectivity index is 1.92. The SMILES string of the molecule is COc1cc(N(C)CCN(C)C)c([N+](=O)[O-])cc1Nc1ncnc(Nc2cnc(F)cc2C(C)(C)O)n1. The van der Waals surface area contributed by atoms with Gasteiger partial charge in [0, 0.05) is 43.9 Å². The molecule has 37 heavy (non-hydrogen) atoms. The van der Waals surface area contributed by atoms with Crippen molar-refractivity contribution in [3.05, 3.63) is 52.3 Å². The lowest BCUT2D eigenvalue weighted by Crippen LogP contribution is -2.29. The number of aliphatic hydroxyl groups is 1. The van der Waals surface area contributed by atoms with E-state index < -0.39 is 16.5 Å². The largest absolute Gasteiger partial charge is 0.494 e. The molecule has 0 radical (unpaired) electrons. The maximum absolute atomic E-state index is 13.7. The van der Waals surface area contributed by atoms with Gasteiger partial charge in [0.1, 0.15) is 17.8 Å². The number of pyridine rings is 1. The Morgan fingerprint density at radius 3 is 2.30 bits per heavy atom. The third-order valence-electron chi connectivity index (χ3n) is 5.38. The van der Waals surface area contributed by atoms with Gasteiger partial charge < -0.3 is 30.3 Å². The molecular formula is C23H30FN9O4. The van der Waals surface area contributed by atoms with Crippen molar-refractivity contribution in [2.45, 2.75) is 19.4 Å². The first-order chi connectivity index (χ1) is 17.4. The van der Waals surface area contributed by atoms with E-state index in [-0.39, 0.29) is 28.8 Å². The molecule has 2 heterocycles. The lowest BCUT2D eigenvalue weighted by Gasteiger charge is -2.23. The van der Waals surface area contributed by atoms with Crippen LogP contribution >= 0.6 is 0 Å². The van der Waals surface area contributed by atoms with Gasteiger partial charge in [-0.15, -0.1) is 0 Å². The molecule has 2 aromatic heterocycles. The molecule has 0 aliphatic rings. The minimum Gasteiger partial charge on any atom is -0.494 e. The van der Waals surface area contributed by atoms with Gasteiger partial charge in [-0.2, -0.15) is 9.37 Å². The summed E-state index contributed by atoms with van der Waals surface area (Å²) in [6, 6.07) is 4.05. The van der Waals surface area contributed by atoms with Gasteiger partial charge in [0.05, 0.1) is 35.2 Å². The van der Waals surface area contributed by atoms with Gasteiger partial charge in [0.25, 0.3) is 5.69 Å². The average molecular weight is 516 g/mol. The van der Waals surface area contributed by atoms with Crippen LogP contribution in [0.2, 0.25) is 0 Å². The van der Waals surface area contributed by atoms with Gasteiger partial charge in [-0.1, -0.05) is 0 Å². The number of ether oxygens (including phenoxy) is 1. The minimum absolute atomic E-state index is 0.0682. The highest BCUT2D eigenvalue weighted by Crippen LogP contribution is 2.39. The highest BCUT2D eigenvalue weighted by molar-refractivity contribution is 5.76. The number of methoxy groups -OCH3 is 1. The van der Waals surface area contributed by atoms with E-state index in [4.69, 9.17) is 4.74 Å². The Morgan fingerprint density at radius 2 is 1.73 bits per heavy atom. The minimum atomic E-state index is -1.37. The van der Waals surface area contributed by atoms with E-state index in [1.54, 1.807) is 18.0 Å². The second-order valence-corrected chi connectivity index (χ2v) is 9.02. The summed E-state index contributed by atoms with van der Waals surface area (Å²) in [7, 11) is 7.07. The smallest absolute Gasteiger partial charge is 0.294 e. The molecule has 0 aliphatic carbocycles. The van der Waals surface area contributed by atoms with Crippen molar-refractivity contribution in [1.29, 1.82) is 0 Å². The van der Waals surface area contributed by atoms with Gasteiger partial charge in [-0.05, 0) is 27.9 Å². The molecule has 3 N–H and O–H groups in total. The van der Waals surface area contributed by atoms with Crippen molar-refractivity contribution < 1.29 is 19.2 Å². The molecule has 0 bridgehead atoms. The molecule has 0 saturated heterocycles. The first kappa shape index (κ1) is 27.4. The number of benzene rings is 1. The molecule has 0 atom stereocenters. The van der Waals surface area contributed by atoms with Crippen LogP contribution in [0.3, 0.4) is 0 Å². The molecule has 13 nitrogen and oxygen atoms in total. The summed E-state index contributed by atoms with van der Waals surface area (Å²) in [6.45, 7) is 4.29. The number of aromatic nitrogens is 4. The van der Waals surface area contributed by atoms with E-state index in [9.17, 15) is 19.6 Å². The number of anilines is 5. The predicted molar refractivity (Wildman–Crippen MR) is 137 cm³/mol. The van der Waals surface area contributed by atoms with Crippen molar-refractivity contribution in [2.75, 3.05) is 56.9 Å². The Kier molecular flexibility index (Phi) is 8.35. The van der Waals surface area contributed by atoms with Crippen LogP contribution < -0.4 is 20.3 Å². The zero-order valence-corrected chi connectivity index (χ0v) is 21.5. The molecule has 14 heteroatoms. The van der Waals surface area contributed by atoms with Crippen molar-refractivity contribution in [3.8, 4) is 5.75 Å². The van der Waals surface area contributed by atoms with Crippen molar-refractivity contribution in [1.82, 2.24) is 24.8 Å². The van der Waals surface area contributed by atoms with Crippen LogP contribution in [0.5, 0.6) is 5.75 Å². The fourth-order valence-electron chi connectivity index (χ4n) is 3.44. The van der Waals surface area contributed by atoms with E-state index in [0.717, 1.165) is 6.07 Å². The van der Waals surface area contributed by atoms with Crippen LogP contribution in [-0.2, 0) is 5.60 Å². The summed E-state index contributed by atoms with van der Waals surface area (Å²) in [5.41, 5.74) is -0.268. The predicted octanol–water partition coefficient (Wildman–Crippen LogP) is 3.03. The summed E-state index contributed by atoms with van der Waals surface area (Å²) in [6.07, 6.45) is 2.44. The third kappa shape index (κ3) is 6.95. The summed E-state index contributed by atoms with van der Waals surface area (Å²) in [5, 5.41) is 28.1. The maximum Gasteiger partial charge on any atom is 0.294 e. The Bertz CT molecular complexity index is 1270. The maximum atomic E-state index is 13.7. The van der Waals surface area contributed by atoms with Crippen LogP contribution in [0.4, 0.5) is 39.0 Å². The third-order valence-corrected chi connectivity index (χ3v) is 5.38. The number of hydrogen-bond donors (Lipinski definition) is 3. The molecule has 0 saturated carbocycles. The fraction of sp³-hybridized carbons (Fsp3) is 0.391. The quantitative estimate of drug-likeness (QED) is 0.195. The molecule has 0 aliphatic heterocycles. The summed E-state index contributed by atoms with van der Waals surface area (Å²) in [4.78, 5) is 31.2. The van der Waals surface area contributed by atoms with Gasteiger partial charge in [-0.3, -0.25) is 10.1 Å². The van der Waals surface area contributed by atoms with Crippen molar-refractivity contribution in [3.63, 3.8) is 0 Å². The number of rotatable bonds is 11. The number of nitrogens with zero attached hydrogens (tertiary/aromatic N) is 7. The van der Waals surface area contributed by atoms with Crippen LogP contribution in [0.15, 0.2) is 30.7 Å². The van der Waals surface area contributed by atoms with Crippen LogP contribution in [0, 0.1) is 16.1 Å². The summed E-state index contributed by atoms with van der Waals surface area (Å²) < 4.78 is 19.2. The average Bonchev–Trinajstić information content (AvgIpc) is 2.83. The van der Waals surface area contributed by atoms with E-state index in [0.29, 0.717) is 30.2 Å². The molecule has 1 aromatic carbocycles. The first-order valence-electron chi connectivity index (χ1n) is 11.2. The number of nitro benzene ring substituents is 1. The molecule has 0 unspecified atom stereocenters. The monoisotopic (exact) mass is 515 g/mol. The lowest BCUT2D eigenvalue weighted by molar-refractivity contribution is -0.384. The normalized spacial score (nSPS) is 11.4. The second-order valence-electron chi connectivity index (χ2n) is 9.02. The van der Waals surface area contributed by atoms with Gasteiger partial charge in [0.2, 0.25) is 17.8 Å². The van der Waals surface area contributed by atoms with E-state index in [2.05, 4.69) is 30.6 Å². The van der Waals surface area contributed by atoms with Crippen LogP contribution in [0.25, 0.3) is 0 Å². The molecule has 0 amide bonds. The highest BCUT2D eigenvalue weighted by atomic mass is 19.1. The van der Waals surface area contributed by atoms with Gasteiger partial charge in [-0.25, -0.2) is 15.0 Å². The topological polar surface area (TPSA) is 155 Å². The number of likely N-dealkylation sites (N-methyl/N-ethyl adjacent to an activating group) is 2. The van der Waals surface area contributed by atoms with E-state index >= 15 is 0 Å². The molecule has 3 rings (SSSR count). The lowest BCUT2D eigenvalue weighted by atomic mass is 9.98. The summed E-state index contributed by atoms with van der Waals surface area (Å²) in [5.74, 6) is -0.256. The van der Waals surface area contributed by atoms with Crippen LogP contribution in [0.1, 0.15) is 19.4 Å². The Morgan fingerprint density at radius 1 is 1.08 bits per heavy atom. The molecule has 0 spiro atoms. The number of nitro groups is 1. The Labute approximate surface area is 213 Å². The molecule has 3 aromatic rings. The number of halogens is 1. The van der Waals surface area contributed by atoms with Crippen LogP contribution in [-0.4, -0.2) is 76.2 Å². The van der Waals surface area contributed by atoms with E-state index in [1.807, 2.05) is 19.0 Å². The molecular weight excluding hydrogens is 485 g/mol. The van der Waals surface area contributed by atoms with Crippen molar-refractivity contribution >= 4 is 34.6 Å². The highest BCUT2D eigenvalue weighted by Gasteiger charge is 2.24. The number of hydrogen-bond acceptors (Lipinski definition) is 12. The zero-order chi connectivity index (χ0) is 27.3. The fourth-order valence-corrected chi connectivity index (χ4v) is 3.44. The van der Waals surface area contributed by atoms with Gasteiger partial charge in [0.15, 0.2) is 0 Å². The number of nitrogens with one attached hydrogen (secondary N) is 2. The van der Waals surface area contributed by atoms with E-state index in [1.165, 1.54) is 39.5 Å². The molecule has 0 fully saturated rings. The molecule has 198 valence electrons. The standard InChI is InChI=1S/C23H30FN9O4/c1-23(2,34)14-9-20(24)25-12-16(14)29-22-27-13-26-21(30-22)28-15-10-18(33(35)36)17(11-19(15)37-6)32(5)8-7-31(3)4/h9-13,34H,7-8H2,1-6H3,(H2,26,27,28,29,30). The Hall–Kier alpha value is -4.17. The van der Waals surface area contributed by atoms with Crippen molar-refractivity contribution in [2.24, 2.45) is 0 Å². The zero-order valence-electron chi connectivity index (χ0n) is 21.5.